The molecule has 0 atom stereocenters. The second-order valence-corrected chi connectivity index (χ2v) is 10.4. The van der Waals surface area contributed by atoms with Gasteiger partial charge in [-0.15, -0.1) is 11.3 Å². The van der Waals surface area contributed by atoms with Gasteiger partial charge < -0.3 is 10.2 Å². The molecule has 0 unspecified atom stereocenters. The molecule has 0 bridgehead atoms. The summed E-state index contributed by atoms with van der Waals surface area (Å²) < 4.78 is 27.5. The summed E-state index contributed by atoms with van der Waals surface area (Å²) in [5, 5.41) is 9.20. The number of rotatable bonds is 6. The third kappa shape index (κ3) is 4.47. The van der Waals surface area contributed by atoms with Crippen LogP contribution in [0.25, 0.3) is 10.6 Å². The second-order valence-electron chi connectivity index (χ2n) is 6.87. The number of likely N-dealkylation sites (N-methyl/N-ethyl adjacent to an activating group) is 1. The first-order valence-electron chi connectivity index (χ1n) is 9.59. The summed E-state index contributed by atoms with van der Waals surface area (Å²) in [4.78, 5) is 19.4. The van der Waals surface area contributed by atoms with Gasteiger partial charge in [-0.25, -0.2) is 13.4 Å². The molecule has 2 aromatic heterocycles. The van der Waals surface area contributed by atoms with Crippen molar-refractivity contribution in [1.82, 2.24) is 14.2 Å². The molecule has 3 heterocycles. The molecule has 1 saturated heterocycles. The number of anilines is 1. The summed E-state index contributed by atoms with van der Waals surface area (Å²) in [6.07, 6.45) is 0. The van der Waals surface area contributed by atoms with Crippen LogP contribution in [0.15, 0.2) is 51.4 Å². The summed E-state index contributed by atoms with van der Waals surface area (Å²) >= 11 is 2.98. The summed E-state index contributed by atoms with van der Waals surface area (Å²) in [5.41, 5.74) is 1.73. The Hall–Kier alpha value is -2.11. The summed E-state index contributed by atoms with van der Waals surface area (Å²) in [7, 11) is -3.60. The lowest BCUT2D eigenvalue weighted by Gasteiger charge is -2.33. The lowest BCUT2D eigenvalue weighted by Crippen LogP contribution is -2.48. The number of sulfonamides is 1. The van der Waals surface area contributed by atoms with Crippen LogP contribution in [-0.4, -0.2) is 61.2 Å². The van der Waals surface area contributed by atoms with Gasteiger partial charge in [0.2, 0.25) is 10.0 Å². The van der Waals surface area contributed by atoms with Crippen LogP contribution in [0.5, 0.6) is 0 Å². The van der Waals surface area contributed by atoms with Crippen molar-refractivity contribution in [3.8, 4) is 10.6 Å². The number of carbonyl (C=O) groups is 1. The summed E-state index contributed by atoms with van der Waals surface area (Å²) in [5.74, 6) is -0.362. The Labute approximate surface area is 184 Å². The molecule has 1 fully saturated rings. The quantitative estimate of drug-likeness (QED) is 0.607. The molecule has 0 radical (unpaired) electrons. The Morgan fingerprint density at radius 3 is 2.67 bits per heavy atom. The smallest absolute Gasteiger partial charge is 0.275 e. The Kier molecular flexibility index (Phi) is 6.30. The highest BCUT2D eigenvalue weighted by molar-refractivity contribution is 7.89. The van der Waals surface area contributed by atoms with Crippen molar-refractivity contribution in [2.45, 2.75) is 11.8 Å². The van der Waals surface area contributed by atoms with Crippen molar-refractivity contribution >= 4 is 44.3 Å². The van der Waals surface area contributed by atoms with Crippen LogP contribution in [0.4, 0.5) is 5.69 Å². The van der Waals surface area contributed by atoms with E-state index in [0.717, 1.165) is 30.2 Å². The number of amides is 1. The first-order chi connectivity index (χ1) is 14.5. The van der Waals surface area contributed by atoms with Crippen LogP contribution in [0.1, 0.15) is 17.4 Å². The Balaban J connectivity index is 1.47. The third-order valence-electron chi connectivity index (χ3n) is 5.01. The Morgan fingerprint density at radius 1 is 1.17 bits per heavy atom. The highest BCUT2D eigenvalue weighted by Crippen LogP contribution is 2.26. The van der Waals surface area contributed by atoms with E-state index in [4.69, 9.17) is 0 Å². The van der Waals surface area contributed by atoms with Crippen molar-refractivity contribution in [3.05, 3.63) is 52.2 Å². The molecule has 1 amide bonds. The van der Waals surface area contributed by atoms with Crippen LogP contribution < -0.4 is 5.32 Å². The Bertz CT molecular complexity index is 1120. The molecule has 1 aliphatic heterocycles. The van der Waals surface area contributed by atoms with Gasteiger partial charge in [-0.3, -0.25) is 4.79 Å². The molecule has 0 saturated carbocycles. The number of carbonyl (C=O) groups excluding carboxylic acids is 1. The SMILES string of the molecule is CCN1CCN(S(=O)(=O)c2cccc(NC(=O)c3csc(-c4ccsc4)n3)c2)CC1. The van der Waals surface area contributed by atoms with Gasteiger partial charge in [0.1, 0.15) is 10.7 Å². The van der Waals surface area contributed by atoms with E-state index in [9.17, 15) is 13.2 Å². The molecular weight excluding hydrogens is 440 g/mol. The zero-order valence-corrected chi connectivity index (χ0v) is 18.9. The topological polar surface area (TPSA) is 82.6 Å². The van der Waals surface area contributed by atoms with Gasteiger partial charge in [-0.05, 0) is 36.2 Å². The molecule has 4 rings (SSSR count). The Morgan fingerprint density at radius 2 is 1.97 bits per heavy atom. The molecule has 1 aromatic carbocycles. The van der Waals surface area contributed by atoms with Crippen LogP contribution in [0.2, 0.25) is 0 Å². The minimum absolute atomic E-state index is 0.183. The van der Waals surface area contributed by atoms with Gasteiger partial charge >= 0.3 is 0 Å². The number of nitrogens with one attached hydrogen (secondary N) is 1. The van der Waals surface area contributed by atoms with E-state index in [0.29, 0.717) is 24.5 Å². The van der Waals surface area contributed by atoms with E-state index in [1.165, 1.54) is 21.7 Å². The molecule has 30 heavy (non-hydrogen) atoms. The van der Waals surface area contributed by atoms with E-state index < -0.39 is 10.0 Å². The predicted octanol–water partition coefficient (Wildman–Crippen LogP) is 3.45. The van der Waals surface area contributed by atoms with Crippen molar-refractivity contribution in [2.24, 2.45) is 0 Å². The van der Waals surface area contributed by atoms with Gasteiger partial charge in [-0.2, -0.15) is 15.6 Å². The number of hydrogen-bond donors (Lipinski definition) is 1. The van der Waals surface area contributed by atoms with Gasteiger partial charge in [0.25, 0.3) is 5.91 Å². The third-order valence-corrected chi connectivity index (χ3v) is 8.48. The average molecular weight is 463 g/mol. The zero-order chi connectivity index (χ0) is 21.1. The van der Waals surface area contributed by atoms with Gasteiger partial charge in [0.15, 0.2) is 0 Å². The van der Waals surface area contributed by atoms with E-state index in [1.807, 2.05) is 16.8 Å². The number of thiazole rings is 1. The molecule has 0 aliphatic carbocycles. The average Bonchev–Trinajstić information content (AvgIpc) is 3.46. The number of hydrogen-bond acceptors (Lipinski definition) is 7. The lowest BCUT2D eigenvalue weighted by atomic mass is 10.3. The maximum atomic E-state index is 13.0. The largest absolute Gasteiger partial charge is 0.321 e. The maximum Gasteiger partial charge on any atom is 0.275 e. The number of nitrogens with zero attached hydrogens (tertiary/aromatic N) is 3. The standard InChI is InChI=1S/C20H22N4O3S3/c1-2-23-7-9-24(10-8-23)30(26,27)17-5-3-4-16(12-17)21-19(25)18-14-29-20(22-18)15-6-11-28-13-15/h3-6,11-14H,2,7-10H2,1H3,(H,21,25). The molecule has 10 heteroatoms. The molecule has 0 spiro atoms. The number of benzene rings is 1. The molecule has 1 aliphatic rings. The maximum absolute atomic E-state index is 13.0. The van der Waals surface area contributed by atoms with E-state index in [-0.39, 0.29) is 10.8 Å². The van der Waals surface area contributed by atoms with Crippen molar-refractivity contribution in [2.75, 3.05) is 38.0 Å². The molecule has 1 N–H and O–H groups in total. The van der Waals surface area contributed by atoms with Crippen molar-refractivity contribution in [1.29, 1.82) is 0 Å². The van der Waals surface area contributed by atoms with Gasteiger partial charge in [0, 0.05) is 48.2 Å². The fraction of sp³-hybridized carbons (Fsp3) is 0.300. The van der Waals surface area contributed by atoms with Crippen molar-refractivity contribution in [3.63, 3.8) is 0 Å². The molecule has 158 valence electrons. The number of piperazine rings is 1. The van der Waals surface area contributed by atoms with Gasteiger partial charge in [0.05, 0.1) is 4.90 Å². The number of aromatic nitrogens is 1. The predicted molar refractivity (Wildman–Crippen MR) is 121 cm³/mol. The minimum Gasteiger partial charge on any atom is -0.321 e. The molecule has 7 nitrogen and oxygen atoms in total. The lowest BCUT2D eigenvalue weighted by molar-refractivity contribution is 0.102. The normalized spacial score (nSPS) is 15.9. The fourth-order valence-corrected chi connectivity index (χ4v) is 6.24. The highest BCUT2D eigenvalue weighted by atomic mass is 32.2. The monoisotopic (exact) mass is 462 g/mol. The van der Waals surface area contributed by atoms with Crippen LogP contribution in [0.3, 0.4) is 0 Å². The van der Waals surface area contributed by atoms with Crippen molar-refractivity contribution < 1.29 is 13.2 Å². The number of thiophene rings is 1. The van der Waals surface area contributed by atoms with E-state index in [2.05, 4.69) is 22.1 Å². The van der Waals surface area contributed by atoms with Crippen LogP contribution in [-0.2, 0) is 10.0 Å². The van der Waals surface area contributed by atoms with E-state index >= 15 is 0 Å². The minimum atomic E-state index is -3.60. The zero-order valence-electron chi connectivity index (χ0n) is 16.4. The van der Waals surface area contributed by atoms with Crippen LogP contribution in [0, 0.1) is 0 Å². The van der Waals surface area contributed by atoms with Crippen LogP contribution >= 0.6 is 22.7 Å². The summed E-state index contributed by atoms with van der Waals surface area (Å²) in [6.45, 7) is 5.38. The first kappa shape index (κ1) is 21.1. The summed E-state index contributed by atoms with van der Waals surface area (Å²) in [6, 6.07) is 8.35. The highest BCUT2D eigenvalue weighted by Gasteiger charge is 2.28. The van der Waals surface area contributed by atoms with E-state index in [1.54, 1.807) is 34.9 Å². The fourth-order valence-electron chi connectivity index (χ4n) is 3.26. The first-order valence-corrected chi connectivity index (χ1v) is 12.9. The molecular formula is C20H22N4O3S3. The molecule has 3 aromatic rings. The second kappa shape index (κ2) is 8.94. The van der Waals surface area contributed by atoms with Gasteiger partial charge in [-0.1, -0.05) is 13.0 Å².